The molecule has 2 nitrogen and oxygen atoms in total. The van der Waals surface area contributed by atoms with Crippen molar-refractivity contribution in [1.82, 2.24) is 0 Å². The molecule has 0 amide bonds. The van der Waals surface area contributed by atoms with Gasteiger partial charge in [-0.2, -0.15) is 0 Å². The van der Waals surface area contributed by atoms with Crippen molar-refractivity contribution in [1.29, 1.82) is 0 Å². The molecule has 0 atom stereocenters. The summed E-state index contributed by atoms with van der Waals surface area (Å²) in [6, 6.07) is 89.1. The maximum absolute atomic E-state index is 6.74. The monoisotopic (exact) mass is 791 g/mol. The summed E-state index contributed by atoms with van der Waals surface area (Å²) in [7, 11) is 0. The molecule has 0 aliphatic rings. The second-order valence-corrected chi connectivity index (χ2v) is 15.6. The second kappa shape index (κ2) is 16.1. The van der Waals surface area contributed by atoms with E-state index in [1.807, 2.05) is 6.07 Å². The molecule has 0 radical (unpaired) electrons. The second-order valence-electron chi connectivity index (χ2n) is 15.6. The number of hydrogen-bond donors (Lipinski definition) is 0. The fraction of sp³-hybridized carbons (Fsp3) is 0. The molecule has 0 bridgehead atoms. The van der Waals surface area contributed by atoms with E-state index in [0.29, 0.717) is 0 Å². The Morgan fingerprint density at radius 1 is 0.242 bits per heavy atom. The molecule has 0 saturated heterocycles. The molecular weight excluding hydrogens is 751 g/mol. The molecule has 62 heavy (non-hydrogen) atoms. The van der Waals surface area contributed by atoms with Crippen LogP contribution in [0.4, 0.5) is 17.1 Å². The zero-order valence-corrected chi connectivity index (χ0v) is 34.0. The van der Waals surface area contributed by atoms with Crippen LogP contribution in [-0.4, -0.2) is 0 Å². The van der Waals surface area contributed by atoms with Gasteiger partial charge in [0.25, 0.3) is 0 Å². The smallest absolute Gasteiger partial charge is 0.143 e. The third kappa shape index (κ3) is 6.65. The van der Waals surface area contributed by atoms with E-state index in [2.05, 4.69) is 248 Å². The van der Waals surface area contributed by atoms with Gasteiger partial charge in [0.15, 0.2) is 0 Å². The number of anilines is 3. The summed E-state index contributed by atoms with van der Waals surface area (Å²) in [5.41, 5.74) is 18.6. The van der Waals surface area contributed by atoms with E-state index in [-0.39, 0.29) is 0 Å². The Morgan fingerprint density at radius 2 is 0.661 bits per heavy atom. The molecule has 292 valence electrons. The van der Waals surface area contributed by atoms with Crippen LogP contribution in [0.3, 0.4) is 0 Å². The molecule has 0 fully saturated rings. The SMILES string of the molecule is c1ccc(-c2ccc(-c3ccccc3N(c3ccccc3-c3cccc4c3oc3ccccc34)c3cccc(-c4ccccc4)c3-c3ccccc3-c3ccccc3)cc2)cc1. The van der Waals surface area contributed by atoms with E-state index in [4.69, 9.17) is 4.42 Å². The lowest BCUT2D eigenvalue weighted by molar-refractivity contribution is 0.670. The Bertz CT molecular complexity index is 3330. The predicted molar refractivity (Wildman–Crippen MR) is 261 cm³/mol. The Hall–Kier alpha value is -8.20. The van der Waals surface area contributed by atoms with Crippen molar-refractivity contribution in [2.45, 2.75) is 0 Å². The normalized spacial score (nSPS) is 11.2. The van der Waals surface area contributed by atoms with Crippen molar-refractivity contribution in [2.75, 3.05) is 4.90 Å². The summed E-state index contributed by atoms with van der Waals surface area (Å²) in [5.74, 6) is 0. The van der Waals surface area contributed by atoms with Crippen LogP contribution in [0.2, 0.25) is 0 Å². The van der Waals surface area contributed by atoms with Gasteiger partial charge in [0.1, 0.15) is 11.2 Å². The van der Waals surface area contributed by atoms with E-state index in [1.54, 1.807) is 0 Å². The fourth-order valence-corrected chi connectivity index (χ4v) is 9.07. The summed E-state index contributed by atoms with van der Waals surface area (Å²) in [6.07, 6.45) is 0. The van der Waals surface area contributed by atoms with Crippen LogP contribution >= 0.6 is 0 Å². The largest absolute Gasteiger partial charge is 0.455 e. The number of fused-ring (bicyclic) bond motifs is 3. The summed E-state index contributed by atoms with van der Waals surface area (Å²) < 4.78 is 6.74. The number of nitrogens with zero attached hydrogens (tertiary/aromatic N) is 1. The highest BCUT2D eigenvalue weighted by Gasteiger charge is 2.27. The zero-order valence-electron chi connectivity index (χ0n) is 34.0. The molecular formula is C60H41NO. The van der Waals surface area contributed by atoms with Gasteiger partial charge in [-0.3, -0.25) is 0 Å². The van der Waals surface area contributed by atoms with Gasteiger partial charge in [0.05, 0.1) is 17.1 Å². The van der Waals surface area contributed by atoms with Crippen LogP contribution in [0.15, 0.2) is 253 Å². The number of rotatable bonds is 9. The first kappa shape index (κ1) is 36.8. The van der Waals surface area contributed by atoms with Gasteiger partial charge in [-0.25, -0.2) is 0 Å². The Balaban J connectivity index is 1.22. The summed E-state index contributed by atoms with van der Waals surface area (Å²) in [6.45, 7) is 0. The van der Waals surface area contributed by atoms with E-state index in [1.165, 1.54) is 22.3 Å². The quantitative estimate of drug-likeness (QED) is 0.145. The Labute approximate surface area is 362 Å². The number of benzene rings is 10. The summed E-state index contributed by atoms with van der Waals surface area (Å²) in [5, 5.41) is 2.21. The predicted octanol–water partition coefficient (Wildman–Crippen LogP) is 17.1. The van der Waals surface area contributed by atoms with E-state index < -0.39 is 0 Å². The molecule has 1 heterocycles. The topological polar surface area (TPSA) is 16.4 Å². The molecule has 0 aliphatic carbocycles. The Morgan fingerprint density at radius 3 is 1.37 bits per heavy atom. The van der Waals surface area contributed by atoms with Gasteiger partial charge in [0.2, 0.25) is 0 Å². The highest BCUT2D eigenvalue weighted by atomic mass is 16.3. The molecule has 0 aliphatic heterocycles. The zero-order chi connectivity index (χ0) is 41.2. The molecule has 0 saturated carbocycles. The molecule has 0 spiro atoms. The number of hydrogen-bond acceptors (Lipinski definition) is 2. The van der Waals surface area contributed by atoms with Crippen LogP contribution < -0.4 is 4.90 Å². The average molecular weight is 792 g/mol. The van der Waals surface area contributed by atoms with Crippen LogP contribution in [0.5, 0.6) is 0 Å². The molecule has 2 heteroatoms. The van der Waals surface area contributed by atoms with Crippen LogP contribution in [0.25, 0.3) is 88.7 Å². The Kier molecular flexibility index (Phi) is 9.57. The van der Waals surface area contributed by atoms with Gasteiger partial charge in [-0.15, -0.1) is 0 Å². The first-order valence-electron chi connectivity index (χ1n) is 21.2. The van der Waals surface area contributed by atoms with Crippen molar-refractivity contribution < 1.29 is 4.42 Å². The molecule has 0 unspecified atom stereocenters. The lowest BCUT2D eigenvalue weighted by Gasteiger charge is -2.33. The van der Waals surface area contributed by atoms with Crippen LogP contribution in [0.1, 0.15) is 0 Å². The van der Waals surface area contributed by atoms with Crippen molar-refractivity contribution >= 4 is 39.0 Å². The van der Waals surface area contributed by atoms with Gasteiger partial charge < -0.3 is 9.32 Å². The standard InChI is InChI=1S/C60H41NO/c1-4-20-42(21-5-1)43-38-40-46(41-39-43)48-27-12-15-34-55(48)61(56-35-16-13-28-50(56)53-32-18-33-54-51-29-14-17-37-58(51)62-60(53)54)57-36-19-31-49(45-24-8-3-9-25-45)59(57)52-30-11-10-26-47(52)44-22-6-2-7-23-44/h1-41H. The third-order valence-corrected chi connectivity index (χ3v) is 11.9. The van der Waals surface area contributed by atoms with Crippen molar-refractivity contribution in [3.63, 3.8) is 0 Å². The molecule has 0 N–H and O–H groups in total. The van der Waals surface area contributed by atoms with Crippen molar-refractivity contribution in [3.05, 3.63) is 249 Å². The highest BCUT2D eigenvalue weighted by Crippen LogP contribution is 2.52. The molecule has 10 aromatic carbocycles. The van der Waals surface area contributed by atoms with Gasteiger partial charge >= 0.3 is 0 Å². The summed E-state index contributed by atoms with van der Waals surface area (Å²) in [4.78, 5) is 2.49. The summed E-state index contributed by atoms with van der Waals surface area (Å²) >= 11 is 0. The van der Waals surface area contributed by atoms with Crippen LogP contribution in [0, 0.1) is 0 Å². The lowest BCUT2D eigenvalue weighted by Crippen LogP contribution is -2.14. The lowest BCUT2D eigenvalue weighted by atomic mass is 9.87. The third-order valence-electron chi connectivity index (χ3n) is 11.9. The molecule has 11 rings (SSSR count). The average Bonchev–Trinajstić information content (AvgIpc) is 3.74. The van der Waals surface area contributed by atoms with E-state index in [9.17, 15) is 0 Å². The van der Waals surface area contributed by atoms with Crippen molar-refractivity contribution in [3.8, 4) is 66.8 Å². The first-order chi connectivity index (χ1) is 30.8. The fourth-order valence-electron chi connectivity index (χ4n) is 9.07. The van der Waals surface area contributed by atoms with E-state index in [0.717, 1.165) is 83.5 Å². The minimum absolute atomic E-state index is 0.874. The van der Waals surface area contributed by atoms with Crippen LogP contribution in [-0.2, 0) is 0 Å². The minimum atomic E-state index is 0.874. The van der Waals surface area contributed by atoms with Gasteiger partial charge in [-0.1, -0.05) is 224 Å². The molecule has 11 aromatic rings. The maximum atomic E-state index is 6.74. The number of para-hydroxylation sites is 4. The minimum Gasteiger partial charge on any atom is -0.455 e. The van der Waals surface area contributed by atoms with Gasteiger partial charge in [0, 0.05) is 33.0 Å². The van der Waals surface area contributed by atoms with Crippen molar-refractivity contribution in [2.24, 2.45) is 0 Å². The van der Waals surface area contributed by atoms with Gasteiger partial charge in [-0.05, 0) is 68.8 Å². The maximum Gasteiger partial charge on any atom is 0.143 e. The van der Waals surface area contributed by atoms with E-state index >= 15 is 0 Å². The highest BCUT2D eigenvalue weighted by molar-refractivity contribution is 6.12. The molecule has 1 aromatic heterocycles. The first-order valence-corrected chi connectivity index (χ1v) is 21.2. The number of furan rings is 1.